The second kappa shape index (κ2) is 4.81. The predicted octanol–water partition coefficient (Wildman–Crippen LogP) is -1.96. The van der Waals surface area contributed by atoms with Crippen LogP contribution < -0.4 is 5.32 Å². The number of amides is 1. The Balaban J connectivity index is 3.94. The summed E-state index contributed by atoms with van der Waals surface area (Å²) in [5, 5.41) is 19.4. The molecule has 0 aromatic rings. The number of hydrogen-bond acceptors (Lipinski definition) is 4. The first-order valence-electron chi connectivity index (χ1n) is 3.13. The largest absolute Gasteiger partial charge is 0.394 e. The smallest absolute Gasteiger partial charge is 0.217 e. The maximum atomic E-state index is 10.4. The molecular formula is C6H11NO4. The minimum absolute atomic E-state index is 0.377. The van der Waals surface area contributed by atoms with Crippen molar-refractivity contribution in [2.45, 2.75) is 19.1 Å². The third-order valence-corrected chi connectivity index (χ3v) is 1.12. The van der Waals surface area contributed by atoms with Gasteiger partial charge in [0.05, 0.1) is 6.61 Å². The second-order valence-corrected chi connectivity index (χ2v) is 2.11. The van der Waals surface area contributed by atoms with Crippen molar-refractivity contribution in [2.24, 2.45) is 0 Å². The Morgan fingerprint density at radius 1 is 1.73 bits per heavy atom. The van der Waals surface area contributed by atoms with E-state index in [0.29, 0.717) is 6.29 Å². The minimum Gasteiger partial charge on any atom is -0.394 e. The van der Waals surface area contributed by atoms with Crippen molar-refractivity contribution in [1.82, 2.24) is 5.32 Å². The molecule has 5 nitrogen and oxygen atoms in total. The van der Waals surface area contributed by atoms with Crippen molar-refractivity contribution in [1.29, 1.82) is 0 Å². The summed E-state index contributed by atoms with van der Waals surface area (Å²) in [6.45, 7) is 0.671. The summed E-state index contributed by atoms with van der Waals surface area (Å²) in [5.41, 5.74) is 0. The quantitative estimate of drug-likeness (QED) is 0.418. The Bertz CT molecular complexity index is 148. The van der Waals surface area contributed by atoms with Gasteiger partial charge in [0.25, 0.3) is 0 Å². The van der Waals surface area contributed by atoms with Gasteiger partial charge < -0.3 is 20.3 Å². The van der Waals surface area contributed by atoms with Crippen LogP contribution >= 0.6 is 0 Å². The van der Waals surface area contributed by atoms with Gasteiger partial charge in [0.1, 0.15) is 18.4 Å². The zero-order chi connectivity index (χ0) is 8.85. The van der Waals surface area contributed by atoms with E-state index in [2.05, 4.69) is 5.32 Å². The highest BCUT2D eigenvalue weighted by Crippen LogP contribution is 1.88. The van der Waals surface area contributed by atoms with Crippen LogP contribution in [0.25, 0.3) is 0 Å². The normalized spacial score (nSPS) is 15.2. The maximum Gasteiger partial charge on any atom is 0.217 e. The van der Waals surface area contributed by atoms with Crippen LogP contribution in [0, 0.1) is 0 Å². The molecule has 0 unspecified atom stereocenters. The fourth-order valence-corrected chi connectivity index (χ4v) is 0.569. The number of nitrogens with one attached hydrogen (secondary N) is 1. The van der Waals surface area contributed by atoms with Crippen molar-refractivity contribution in [3.63, 3.8) is 0 Å². The van der Waals surface area contributed by atoms with E-state index in [1.807, 2.05) is 0 Å². The summed E-state index contributed by atoms with van der Waals surface area (Å²) in [6, 6.07) is -1.02. The molecule has 0 aliphatic carbocycles. The summed E-state index contributed by atoms with van der Waals surface area (Å²) in [6.07, 6.45) is -0.848. The molecule has 0 saturated heterocycles. The predicted molar refractivity (Wildman–Crippen MR) is 36.8 cm³/mol. The molecule has 0 bridgehead atoms. The average Bonchev–Trinajstić information content (AvgIpc) is 1.98. The van der Waals surface area contributed by atoms with E-state index in [-0.39, 0.29) is 0 Å². The molecule has 0 saturated carbocycles. The third-order valence-electron chi connectivity index (χ3n) is 1.12. The van der Waals surface area contributed by atoms with Gasteiger partial charge in [-0.2, -0.15) is 0 Å². The SMILES string of the molecule is CC(=O)N[C@H](C=O)[C@H](O)CO. The van der Waals surface area contributed by atoms with Crippen molar-refractivity contribution < 1.29 is 19.8 Å². The van der Waals surface area contributed by atoms with E-state index in [0.717, 1.165) is 0 Å². The molecule has 0 aromatic carbocycles. The van der Waals surface area contributed by atoms with Crippen LogP contribution in [0.15, 0.2) is 0 Å². The van der Waals surface area contributed by atoms with Gasteiger partial charge in [0, 0.05) is 6.92 Å². The third kappa shape index (κ3) is 3.69. The van der Waals surface area contributed by atoms with Gasteiger partial charge in [-0.1, -0.05) is 0 Å². The zero-order valence-corrected chi connectivity index (χ0v) is 6.15. The molecule has 3 N–H and O–H groups in total. The average molecular weight is 161 g/mol. The number of hydrogen-bond donors (Lipinski definition) is 3. The van der Waals surface area contributed by atoms with E-state index in [1.165, 1.54) is 6.92 Å². The summed E-state index contributed by atoms with van der Waals surface area (Å²) >= 11 is 0. The molecule has 0 aliphatic rings. The minimum atomic E-state index is -1.23. The highest BCUT2D eigenvalue weighted by atomic mass is 16.3. The standard InChI is InChI=1S/C6H11NO4/c1-4(10)7-5(2-8)6(11)3-9/h2,5-6,9,11H,3H2,1H3,(H,7,10)/t5-,6-/m1/s1. The first kappa shape index (κ1) is 10.1. The number of rotatable bonds is 4. The molecule has 1 amide bonds. The molecular weight excluding hydrogens is 150 g/mol. The van der Waals surface area contributed by atoms with Crippen molar-refractivity contribution in [3.8, 4) is 0 Å². The lowest BCUT2D eigenvalue weighted by Crippen LogP contribution is -2.45. The van der Waals surface area contributed by atoms with Crippen LogP contribution in [0.4, 0.5) is 0 Å². The fourth-order valence-electron chi connectivity index (χ4n) is 0.569. The molecule has 0 spiro atoms. The number of aliphatic hydroxyl groups excluding tert-OH is 2. The van der Waals surface area contributed by atoms with Gasteiger partial charge in [0.2, 0.25) is 5.91 Å². The van der Waals surface area contributed by atoms with Gasteiger partial charge >= 0.3 is 0 Å². The molecule has 5 heteroatoms. The molecule has 11 heavy (non-hydrogen) atoms. The summed E-state index contributed by atoms with van der Waals surface area (Å²) in [4.78, 5) is 20.5. The first-order chi connectivity index (χ1) is 5.11. The monoisotopic (exact) mass is 161 g/mol. The number of carbonyl (C=O) groups excluding carboxylic acids is 2. The Hall–Kier alpha value is -0.940. The molecule has 0 heterocycles. The lowest BCUT2D eigenvalue weighted by Gasteiger charge is -2.15. The van der Waals surface area contributed by atoms with Crippen LogP contribution in [0.5, 0.6) is 0 Å². The second-order valence-electron chi connectivity index (χ2n) is 2.11. The molecule has 0 radical (unpaired) electrons. The van der Waals surface area contributed by atoms with Gasteiger partial charge in [-0.25, -0.2) is 0 Å². The van der Waals surface area contributed by atoms with Crippen LogP contribution in [0.2, 0.25) is 0 Å². The molecule has 0 rings (SSSR count). The van der Waals surface area contributed by atoms with Crippen LogP contribution in [-0.2, 0) is 9.59 Å². The van der Waals surface area contributed by atoms with Gasteiger partial charge in [-0.3, -0.25) is 4.79 Å². The Morgan fingerprint density at radius 3 is 2.55 bits per heavy atom. The summed E-state index contributed by atoms with van der Waals surface area (Å²) in [7, 11) is 0. The summed E-state index contributed by atoms with van der Waals surface area (Å²) in [5.74, 6) is -0.422. The number of aliphatic hydroxyl groups is 2. The molecule has 0 aliphatic heterocycles. The van der Waals surface area contributed by atoms with Gasteiger partial charge in [-0.15, -0.1) is 0 Å². The van der Waals surface area contributed by atoms with Crippen LogP contribution in [0.3, 0.4) is 0 Å². The summed E-state index contributed by atoms with van der Waals surface area (Å²) < 4.78 is 0. The lowest BCUT2D eigenvalue weighted by molar-refractivity contribution is -0.124. The van der Waals surface area contributed by atoms with Gasteiger partial charge in [-0.05, 0) is 0 Å². The molecule has 2 atom stereocenters. The van der Waals surface area contributed by atoms with E-state index < -0.39 is 24.7 Å². The Kier molecular flexibility index (Phi) is 4.40. The van der Waals surface area contributed by atoms with E-state index in [4.69, 9.17) is 10.2 Å². The van der Waals surface area contributed by atoms with E-state index >= 15 is 0 Å². The maximum absolute atomic E-state index is 10.4. The fraction of sp³-hybridized carbons (Fsp3) is 0.667. The van der Waals surface area contributed by atoms with Crippen molar-refractivity contribution >= 4 is 12.2 Å². The topological polar surface area (TPSA) is 86.6 Å². The zero-order valence-electron chi connectivity index (χ0n) is 6.15. The Morgan fingerprint density at radius 2 is 2.27 bits per heavy atom. The molecule has 0 fully saturated rings. The van der Waals surface area contributed by atoms with Crippen molar-refractivity contribution in [2.75, 3.05) is 6.61 Å². The van der Waals surface area contributed by atoms with E-state index in [1.54, 1.807) is 0 Å². The van der Waals surface area contributed by atoms with Crippen molar-refractivity contribution in [3.05, 3.63) is 0 Å². The number of aldehydes is 1. The van der Waals surface area contributed by atoms with Gasteiger partial charge in [0.15, 0.2) is 0 Å². The first-order valence-corrected chi connectivity index (χ1v) is 3.13. The molecule has 0 aromatic heterocycles. The van der Waals surface area contributed by atoms with Crippen LogP contribution in [-0.4, -0.2) is 41.2 Å². The molecule has 64 valence electrons. The number of carbonyl (C=O) groups is 2. The van der Waals surface area contributed by atoms with Crippen LogP contribution in [0.1, 0.15) is 6.92 Å². The highest BCUT2D eigenvalue weighted by molar-refractivity contribution is 5.77. The Labute approximate surface area is 64.0 Å². The van der Waals surface area contributed by atoms with E-state index in [9.17, 15) is 9.59 Å². The lowest BCUT2D eigenvalue weighted by atomic mass is 10.2. The highest BCUT2D eigenvalue weighted by Gasteiger charge is 2.17.